The minimum Gasteiger partial charge on any atom is -0.468 e. The van der Waals surface area contributed by atoms with E-state index in [1.54, 1.807) is 24.3 Å². The number of carbonyl (C=O) groups is 3. The number of methoxy groups -OCH3 is 1. The Bertz CT molecular complexity index is 496. The molecular formula is C14H18N2O4. The van der Waals surface area contributed by atoms with Crippen LogP contribution in [0.15, 0.2) is 24.3 Å². The molecule has 1 aromatic rings. The van der Waals surface area contributed by atoms with Crippen molar-refractivity contribution in [3.8, 4) is 0 Å². The fraction of sp³-hybridized carbons (Fsp3) is 0.357. The van der Waals surface area contributed by atoms with Crippen LogP contribution in [0.25, 0.3) is 0 Å². The topological polar surface area (TPSA) is 98.5 Å². The van der Waals surface area contributed by atoms with E-state index in [0.29, 0.717) is 12.0 Å². The van der Waals surface area contributed by atoms with Crippen molar-refractivity contribution in [3.05, 3.63) is 35.4 Å². The molecule has 0 saturated carbocycles. The van der Waals surface area contributed by atoms with Crippen molar-refractivity contribution in [3.63, 3.8) is 0 Å². The monoisotopic (exact) mass is 278 g/mol. The lowest BCUT2D eigenvalue weighted by Gasteiger charge is -2.09. The van der Waals surface area contributed by atoms with E-state index in [1.807, 2.05) is 0 Å². The molecule has 1 aromatic carbocycles. The van der Waals surface area contributed by atoms with Gasteiger partial charge in [0.25, 0.3) is 5.91 Å². The number of carbonyl (C=O) groups excluding carboxylic acids is 3. The molecule has 1 amide bonds. The largest absolute Gasteiger partial charge is 0.468 e. The van der Waals surface area contributed by atoms with Gasteiger partial charge in [0.2, 0.25) is 0 Å². The predicted octanol–water partition coefficient (Wildman–Crippen LogP) is 0.0482. The van der Waals surface area contributed by atoms with Gasteiger partial charge in [-0.1, -0.05) is 12.1 Å². The van der Waals surface area contributed by atoms with Gasteiger partial charge in [-0.2, -0.15) is 0 Å². The van der Waals surface area contributed by atoms with Gasteiger partial charge in [-0.3, -0.25) is 14.4 Å². The number of hydrogen-bond acceptors (Lipinski definition) is 5. The smallest absolute Gasteiger partial charge is 0.322 e. The average molecular weight is 278 g/mol. The summed E-state index contributed by atoms with van der Waals surface area (Å²) in [6.45, 7) is 1.41. The van der Waals surface area contributed by atoms with E-state index in [4.69, 9.17) is 5.73 Å². The Labute approximate surface area is 117 Å². The number of amides is 1. The van der Waals surface area contributed by atoms with Gasteiger partial charge in [-0.05, 0) is 31.0 Å². The van der Waals surface area contributed by atoms with Gasteiger partial charge >= 0.3 is 5.97 Å². The summed E-state index contributed by atoms with van der Waals surface area (Å²) in [6, 6.07) is 5.94. The molecule has 0 aliphatic heterocycles. The van der Waals surface area contributed by atoms with Crippen LogP contribution in [-0.4, -0.2) is 37.4 Å². The highest BCUT2D eigenvalue weighted by Crippen LogP contribution is 2.07. The maximum Gasteiger partial charge on any atom is 0.322 e. The first-order valence-corrected chi connectivity index (χ1v) is 6.14. The van der Waals surface area contributed by atoms with Crippen LogP contribution in [-0.2, 0) is 20.7 Å². The van der Waals surface area contributed by atoms with Gasteiger partial charge in [0.15, 0.2) is 0 Å². The summed E-state index contributed by atoms with van der Waals surface area (Å²) in [5, 5.41) is 2.50. The molecule has 0 aliphatic carbocycles. The van der Waals surface area contributed by atoms with Gasteiger partial charge in [0.1, 0.15) is 11.8 Å². The van der Waals surface area contributed by atoms with Crippen LogP contribution in [0.3, 0.4) is 0 Å². The van der Waals surface area contributed by atoms with Crippen LogP contribution in [0.1, 0.15) is 22.8 Å². The minimum atomic E-state index is -0.725. The Morgan fingerprint density at radius 2 is 1.85 bits per heavy atom. The maximum atomic E-state index is 11.7. The molecule has 108 valence electrons. The van der Waals surface area contributed by atoms with E-state index in [1.165, 1.54) is 14.0 Å². The zero-order chi connectivity index (χ0) is 15.1. The molecule has 0 aromatic heterocycles. The van der Waals surface area contributed by atoms with E-state index >= 15 is 0 Å². The highest BCUT2D eigenvalue weighted by molar-refractivity contribution is 5.96. The van der Waals surface area contributed by atoms with Crippen LogP contribution in [0.5, 0.6) is 0 Å². The molecule has 0 aliphatic rings. The second kappa shape index (κ2) is 7.40. The van der Waals surface area contributed by atoms with E-state index in [0.717, 1.165) is 5.56 Å². The lowest BCUT2D eigenvalue weighted by Crippen LogP contribution is -2.33. The molecule has 0 unspecified atom stereocenters. The SMILES string of the molecule is COC(=O)[C@@H](N)Cc1ccc(C(=O)NCC(C)=O)cc1. The Hall–Kier alpha value is -2.21. The summed E-state index contributed by atoms with van der Waals surface area (Å²) >= 11 is 0. The highest BCUT2D eigenvalue weighted by atomic mass is 16.5. The number of benzene rings is 1. The quantitative estimate of drug-likeness (QED) is 0.716. The van der Waals surface area contributed by atoms with Crippen LogP contribution in [0.2, 0.25) is 0 Å². The van der Waals surface area contributed by atoms with Crippen molar-refractivity contribution in [2.24, 2.45) is 5.73 Å². The molecule has 0 saturated heterocycles. The lowest BCUT2D eigenvalue weighted by atomic mass is 10.0. The van der Waals surface area contributed by atoms with E-state index in [-0.39, 0.29) is 18.2 Å². The molecule has 0 spiro atoms. The predicted molar refractivity (Wildman–Crippen MR) is 73.2 cm³/mol. The number of nitrogens with two attached hydrogens (primary N) is 1. The van der Waals surface area contributed by atoms with Gasteiger partial charge in [0.05, 0.1) is 13.7 Å². The highest BCUT2D eigenvalue weighted by Gasteiger charge is 2.14. The Morgan fingerprint density at radius 1 is 1.25 bits per heavy atom. The fourth-order valence-electron chi connectivity index (χ4n) is 1.59. The second-order valence-electron chi connectivity index (χ2n) is 4.42. The Morgan fingerprint density at radius 3 is 2.35 bits per heavy atom. The van der Waals surface area contributed by atoms with Gasteiger partial charge < -0.3 is 15.8 Å². The Kier molecular flexibility index (Phi) is 5.86. The van der Waals surface area contributed by atoms with E-state index in [9.17, 15) is 14.4 Å². The fourth-order valence-corrected chi connectivity index (χ4v) is 1.59. The summed E-state index contributed by atoms with van der Waals surface area (Å²) in [5.41, 5.74) is 6.92. The summed E-state index contributed by atoms with van der Waals surface area (Å²) in [6.07, 6.45) is 0.335. The molecule has 3 N–H and O–H groups in total. The van der Waals surface area contributed by atoms with E-state index in [2.05, 4.69) is 10.1 Å². The molecule has 0 bridgehead atoms. The molecule has 1 atom stereocenters. The molecule has 20 heavy (non-hydrogen) atoms. The number of nitrogens with one attached hydrogen (secondary N) is 1. The zero-order valence-corrected chi connectivity index (χ0v) is 11.5. The van der Waals surface area contributed by atoms with Crippen LogP contribution < -0.4 is 11.1 Å². The molecule has 0 fully saturated rings. The normalized spacial score (nSPS) is 11.6. The third-order valence-corrected chi connectivity index (χ3v) is 2.67. The van der Waals surface area contributed by atoms with Gasteiger partial charge in [-0.25, -0.2) is 0 Å². The molecule has 1 rings (SSSR count). The Balaban J connectivity index is 2.62. The standard InChI is InChI=1S/C14H18N2O4/c1-9(17)8-16-13(18)11-5-3-10(4-6-11)7-12(15)14(19)20-2/h3-6,12H,7-8,15H2,1-2H3,(H,16,18)/t12-/m0/s1. The number of esters is 1. The van der Waals surface area contributed by atoms with Crippen molar-refractivity contribution < 1.29 is 19.1 Å². The molecule has 6 heteroatoms. The van der Waals surface area contributed by atoms with Crippen molar-refractivity contribution in [2.75, 3.05) is 13.7 Å². The van der Waals surface area contributed by atoms with Gasteiger partial charge in [-0.15, -0.1) is 0 Å². The van der Waals surface area contributed by atoms with Crippen LogP contribution in [0, 0.1) is 0 Å². The number of ketones is 1. The molecule has 0 heterocycles. The minimum absolute atomic E-state index is 0.00774. The number of rotatable bonds is 6. The maximum absolute atomic E-state index is 11.7. The molecular weight excluding hydrogens is 260 g/mol. The zero-order valence-electron chi connectivity index (χ0n) is 11.5. The number of Topliss-reactive ketones (excluding diaryl/α,β-unsaturated/α-hetero) is 1. The van der Waals surface area contributed by atoms with Crippen LogP contribution >= 0.6 is 0 Å². The summed E-state index contributed by atoms with van der Waals surface area (Å²) in [5.74, 6) is -0.906. The third-order valence-electron chi connectivity index (χ3n) is 2.67. The molecule has 6 nitrogen and oxygen atoms in total. The van der Waals surface area contributed by atoms with Gasteiger partial charge in [0, 0.05) is 5.56 Å². The van der Waals surface area contributed by atoms with E-state index < -0.39 is 12.0 Å². The first-order valence-electron chi connectivity index (χ1n) is 6.14. The third kappa shape index (κ3) is 4.81. The summed E-state index contributed by atoms with van der Waals surface area (Å²) in [4.78, 5) is 33.6. The van der Waals surface area contributed by atoms with Crippen molar-refractivity contribution in [1.82, 2.24) is 5.32 Å². The van der Waals surface area contributed by atoms with Crippen molar-refractivity contribution >= 4 is 17.7 Å². The van der Waals surface area contributed by atoms with Crippen LogP contribution in [0.4, 0.5) is 0 Å². The first-order chi connectivity index (χ1) is 9.43. The average Bonchev–Trinajstić information content (AvgIpc) is 2.44. The van der Waals surface area contributed by atoms with Crippen molar-refractivity contribution in [1.29, 1.82) is 0 Å². The summed E-state index contributed by atoms with van der Waals surface area (Å²) < 4.78 is 4.54. The molecule has 0 radical (unpaired) electrons. The second-order valence-corrected chi connectivity index (χ2v) is 4.42. The lowest BCUT2D eigenvalue weighted by molar-refractivity contribution is -0.142. The first kappa shape index (κ1) is 15.8. The van der Waals surface area contributed by atoms with Crippen molar-refractivity contribution in [2.45, 2.75) is 19.4 Å². The number of ether oxygens (including phenoxy) is 1. The summed E-state index contributed by atoms with van der Waals surface area (Å²) in [7, 11) is 1.28. The number of hydrogen-bond donors (Lipinski definition) is 2.